The first-order valence-corrected chi connectivity index (χ1v) is 23.9. The van der Waals surface area contributed by atoms with Gasteiger partial charge in [-0.1, -0.05) is 227 Å². The predicted molar refractivity (Wildman–Crippen MR) is 229 cm³/mol. The Labute approximate surface area is 336 Å². The van der Waals surface area contributed by atoms with E-state index in [1.807, 2.05) is 0 Å². The number of hydrogen-bond donors (Lipinski definition) is 0. The average molecular weight is 765 g/mol. The summed E-state index contributed by atoms with van der Waals surface area (Å²) in [5, 5.41) is 0. The Morgan fingerprint density at radius 1 is 0.370 bits per heavy atom. The molecule has 0 aromatic rings. The van der Waals surface area contributed by atoms with Gasteiger partial charge in [-0.05, 0) is 25.2 Å². The van der Waals surface area contributed by atoms with Crippen molar-refractivity contribution in [3.63, 3.8) is 0 Å². The maximum Gasteiger partial charge on any atom is 0.306 e. The van der Waals surface area contributed by atoms with Crippen molar-refractivity contribution >= 4 is 17.9 Å². The molecule has 0 fully saturated rings. The van der Waals surface area contributed by atoms with Crippen molar-refractivity contribution in [2.75, 3.05) is 13.2 Å². The van der Waals surface area contributed by atoms with E-state index in [1.54, 1.807) is 0 Å². The number of carbonyl (C=O) groups excluding carboxylic acids is 3. The summed E-state index contributed by atoms with van der Waals surface area (Å²) in [6, 6.07) is 0. The summed E-state index contributed by atoms with van der Waals surface area (Å²) in [7, 11) is 0. The van der Waals surface area contributed by atoms with Crippen molar-refractivity contribution in [1.82, 2.24) is 0 Å². The third-order valence-electron chi connectivity index (χ3n) is 11.2. The van der Waals surface area contributed by atoms with Crippen molar-refractivity contribution in [3.05, 3.63) is 0 Å². The van der Waals surface area contributed by atoms with Gasteiger partial charge >= 0.3 is 17.9 Å². The lowest BCUT2D eigenvalue weighted by atomic mass is 9.99. The first-order valence-electron chi connectivity index (χ1n) is 23.9. The van der Waals surface area contributed by atoms with Gasteiger partial charge in [0.2, 0.25) is 0 Å². The molecule has 320 valence electrons. The quantitative estimate of drug-likeness (QED) is 0.0349. The van der Waals surface area contributed by atoms with Gasteiger partial charge in [0.05, 0.1) is 0 Å². The summed E-state index contributed by atoms with van der Waals surface area (Å²) in [6.45, 7) is 8.98. The fourth-order valence-electron chi connectivity index (χ4n) is 7.12. The number of rotatable bonds is 43. The Bertz CT molecular complexity index is 813. The zero-order chi connectivity index (χ0) is 39.6. The number of unbranched alkanes of at least 4 members (excludes halogenated alkanes) is 29. The van der Waals surface area contributed by atoms with Gasteiger partial charge in [-0.15, -0.1) is 0 Å². The smallest absolute Gasteiger partial charge is 0.306 e. The summed E-state index contributed by atoms with van der Waals surface area (Å²) >= 11 is 0. The molecule has 0 aliphatic rings. The van der Waals surface area contributed by atoms with E-state index < -0.39 is 6.10 Å². The highest BCUT2D eigenvalue weighted by molar-refractivity contribution is 5.71. The molecule has 0 rings (SSSR count). The van der Waals surface area contributed by atoms with Crippen LogP contribution in [0.25, 0.3) is 0 Å². The van der Waals surface area contributed by atoms with Crippen molar-refractivity contribution < 1.29 is 28.6 Å². The van der Waals surface area contributed by atoms with Crippen LogP contribution in [0.3, 0.4) is 0 Å². The maximum atomic E-state index is 12.6. The van der Waals surface area contributed by atoms with E-state index in [2.05, 4.69) is 27.7 Å². The van der Waals surface area contributed by atoms with E-state index in [0.29, 0.717) is 19.3 Å². The summed E-state index contributed by atoms with van der Waals surface area (Å²) in [4.78, 5) is 37.4. The highest BCUT2D eigenvalue weighted by atomic mass is 16.6. The van der Waals surface area contributed by atoms with Gasteiger partial charge in [-0.2, -0.15) is 0 Å². The Kier molecular flexibility index (Phi) is 41.3. The van der Waals surface area contributed by atoms with Gasteiger partial charge in [0.25, 0.3) is 0 Å². The molecule has 2 atom stereocenters. The third-order valence-corrected chi connectivity index (χ3v) is 11.2. The number of hydrogen-bond acceptors (Lipinski definition) is 6. The summed E-state index contributed by atoms with van der Waals surface area (Å²) in [5.74, 6) is 0.0441. The first kappa shape index (κ1) is 52.4. The molecule has 0 aromatic heterocycles. The fourth-order valence-corrected chi connectivity index (χ4v) is 7.12. The molecule has 0 saturated carbocycles. The molecule has 6 heteroatoms. The standard InChI is InChI=1S/C48H92O6/c1-5-8-10-12-26-31-35-39-46(49)52-42-45(54-48(51)41-37-33-27-13-11-9-6-2)43-53-47(50)40-36-32-29-25-23-21-19-17-15-14-16-18-20-22-24-28-30-34-38-44(4)7-3/h44-45H,5-43H2,1-4H3/t44?,45-/m0/s1. The molecule has 0 spiro atoms. The van der Waals surface area contributed by atoms with E-state index in [4.69, 9.17) is 14.2 Å². The van der Waals surface area contributed by atoms with Crippen LogP contribution >= 0.6 is 0 Å². The van der Waals surface area contributed by atoms with Crippen LogP contribution in [-0.2, 0) is 28.6 Å². The second-order valence-corrected chi connectivity index (χ2v) is 16.6. The minimum atomic E-state index is -0.757. The summed E-state index contributed by atoms with van der Waals surface area (Å²) in [5.41, 5.74) is 0. The Morgan fingerprint density at radius 3 is 0.963 bits per heavy atom. The van der Waals surface area contributed by atoms with Crippen molar-refractivity contribution in [2.24, 2.45) is 5.92 Å². The van der Waals surface area contributed by atoms with Crippen LogP contribution in [0.2, 0.25) is 0 Å². The molecule has 0 bridgehead atoms. The van der Waals surface area contributed by atoms with Gasteiger partial charge in [0, 0.05) is 19.3 Å². The van der Waals surface area contributed by atoms with Crippen LogP contribution in [0, 0.1) is 5.92 Å². The zero-order valence-electron chi connectivity index (χ0n) is 36.7. The van der Waals surface area contributed by atoms with Gasteiger partial charge in [-0.25, -0.2) is 0 Å². The SMILES string of the molecule is CCCCCCCCCC(=O)OC[C@@H](COC(=O)CCCCCCCCCCCCCCCCCCCCC(C)CC)OC(=O)CCCCCCCCC. The Morgan fingerprint density at radius 2 is 0.648 bits per heavy atom. The van der Waals surface area contributed by atoms with E-state index in [9.17, 15) is 14.4 Å². The van der Waals surface area contributed by atoms with Gasteiger partial charge < -0.3 is 14.2 Å². The molecular formula is C48H92O6. The lowest BCUT2D eigenvalue weighted by Gasteiger charge is -2.18. The van der Waals surface area contributed by atoms with Crippen LogP contribution in [0.4, 0.5) is 0 Å². The highest BCUT2D eigenvalue weighted by Crippen LogP contribution is 2.17. The van der Waals surface area contributed by atoms with Gasteiger partial charge in [0.15, 0.2) is 6.10 Å². The van der Waals surface area contributed by atoms with Crippen LogP contribution in [0.1, 0.15) is 265 Å². The van der Waals surface area contributed by atoms with Crippen LogP contribution in [-0.4, -0.2) is 37.2 Å². The topological polar surface area (TPSA) is 78.9 Å². The molecule has 0 amide bonds. The van der Waals surface area contributed by atoms with E-state index >= 15 is 0 Å². The molecule has 0 radical (unpaired) electrons. The number of ether oxygens (including phenoxy) is 3. The third kappa shape index (κ3) is 40.1. The van der Waals surface area contributed by atoms with Crippen molar-refractivity contribution in [1.29, 1.82) is 0 Å². The van der Waals surface area contributed by atoms with Gasteiger partial charge in [0.1, 0.15) is 13.2 Å². The highest BCUT2D eigenvalue weighted by Gasteiger charge is 2.19. The molecule has 0 N–H and O–H groups in total. The molecule has 1 unspecified atom stereocenters. The van der Waals surface area contributed by atoms with Crippen molar-refractivity contribution in [3.8, 4) is 0 Å². The summed E-state index contributed by atoms with van der Waals surface area (Å²) in [6.07, 6.45) is 42.6. The average Bonchev–Trinajstić information content (AvgIpc) is 3.17. The molecule has 0 saturated heterocycles. The van der Waals surface area contributed by atoms with E-state index in [0.717, 1.165) is 63.7 Å². The largest absolute Gasteiger partial charge is 0.462 e. The molecule has 0 aliphatic carbocycles. The normalized spacial score (nSPS) is 12.4. The Balaban J connectivity index is 4.01. The first-order chi connectivity index (χ1) is 26.4. The summed E-state index contributed by atoms with van der Waals surface area (Å²) < 4.78 is 16.6. The lowest BCUT2D eigenvalue weighted by molar-refractivity contribution is -0.167. The van der Waals surface area contributed by atoms with Crippen LogP contribution < -0.4 is 0 Å². The van der Waals surface area contributed by atoms with E-state index in [-0.39, 0.29) is 31.1 Å². The molecular weight excluding hydrogens is 673 g/mol. The zero-order valence-corrected chi connectivity index (χ0v) is 36.7. The minimum Gasteiger partial charge on any atom is -0.462 e. The second kappa shape index (κ2) is 42.6. The lowest BCUT2D eigenvalue weighted by Crippen LogP contribution is -2.30. The van der Waals surface area contributed by atoms with E-state index in [1.165, 1.54) is 161 Å². The van der Waals surface area contributed by atoms with Crippen LogP contribution in [0.5, 0.6) is 0 Å². The fraction of sp³-hybridized carbons (Fsp3) is 0.938. The minimum absolute atomic E-state index is 0.0644. The monoisotopic (exact) mass is 765 g/mol. The Hall–Kier alpha value is -1.59. The number of esters is 3. The molecule has 54 heavy (non-hydrogen) atoms. The second-order valence-electron chi connectivity index (χ2n) is 16.6. The van der Waals surface area contributed by atoms with Crippen LogP contribution in [0.15, 0.2) is 0 Å². The molecule has 0 heterocycles. The molecule has 0 aromatic carbocycles. The maximum absolute atomic E-state index is 12.6. The van der Waals surface area contributed by atoms with Gasteiger partial charge in [-0.3, -0.25) is 14.4 Å². The van der Waals surface area contributed by atoms with Crippen molar-refractivity contribution in [2.45, 2.75) is 271 Å². The number of carbonyl (C=O) groups is 3. The predicted octanol–water partition coefficient (Wildman–Crippen LogP) is 15.1. The molecule has 6 nitrogen and oxygen atoms in total. The molecule has 0 aliphatic heterocycles.